The van der Waals surface area contributed by atoms with E-state index in [1.807, 2.05) is 30.3 Å². The van der Waals surface area contributed by atoms with E-state index in [2.05, 4.69) is 5.32 Å². The minimum atomic E-state index is -0.537. The van der Waals surface area contributed by atoms with E-state index in [4.69, 9.17) is 27.9 Å². The highest BCUT2D eigenvalue weighted by atomic mass is 35.5. The summed E-state index contributed by atoms with van der Waals surface area (Å²) in [6.07, 6.45) is 0.530. The predicted molar refractivity (Wildman–Crippen MR) is 115 cm³/mol. The first-order valence-electron chi connectivity index (χ1n) is 9.05. The van der Waals surface area contributed by atoms with Crippen molar-refractivity contribution in [3.8, 4) is 17.2 Å². The fraction of sp³-hybridized carbons (Fsp3) is 0.0909. The van der Waals surface area contributed by atoms with Crippen LogP contribution in [0, 0.1) is 0 Å². The largest absolute Gasteiger partial charge is 0.508 e. The normalized spacial score (nSPS) is 13.5. The summed E-state index contributed by atoms with van der Waals surface area (Å²) < 4.78 is 5.88. The van der Waals surface area contributed by atoms with Crippen molar-refractivity contribution in [2.75, 3.05) is 11.4 Å². The summed E-state index contributed by atoms with van der Waals surface area (Å²) in [5.74, 6) is 0.416. The number of nitrogens with one attached hydrogen (secondary N) is 1. The number of carbonyl (C=O) groups excluding carboxylic acids is 2. The molecule has 8 heteroatoms. The number of hydrogen-bond acceptors (Lipinski definition) is 4. The lowest BCUT2D eigenvalue weighted by atomic mass is 10.0. The molecule has 0 bridgehead atoms. The van der Waals surface area contributed by atoms with Crippen LogP contribution in [0.25, 0.3) is 0 Å². The van der Waals surface area contributed by atoms with Crippen LogP contribution in [0.5, 0.6) is 17.2 Å². The zero-order chi connectivity index (χ0) is 21.3. The number of carbonyl (C=O) groups is 2. The molecule has 1 aliphatic rings. The van der Waals surface area contributed by atoms with Crippen molar-refractivity contribution in [2.45, 2.75) is 6.42 Å². The van der Waals surface area contributed by atoms with Crippen molar-refractivity contribution in [2.24, 2.45) is 0 Å². The van der Waals surface area contributed by atoms with Crippen LogP contribution >= 0.6 is 23.2 Å². The van der Waals surface area contributed by atoms with Crippen LogP contribution in [0.15, 0.2) is 60.7 Å². The minimum Gasteiger partial charge on any atom is -0.508 e. The van der Waals surface area contributed by atoms with Crippen molar-refractivity contribution in [3.05, 3.63) is 81.8 Å². The molecule has 3 aromatic rings. The molecule has 1 fully saturated rings. The molecule has 3 aromatic carbocycles. The topological polar surface area (TPSA) is 78.9 Å². The Morgan fingerprint density at radius 1 is 1.00 bits per heavy atom. The second kappa shape index (κ2) is 8.26. The zero-order valence-corrected chi connectivity index (χ0v) is 17.1. The molecule has 30 heavy (non-hydrogen) atoms. The average Bonchev–Trinajstić information content (AvgIpc) is 3.06. The van der Waals surface area contributed by atoms with Gasteiger partial charge in [0.2, 0.25) is 5.91 Å². The third-order valence-electron chi connectivity index (χ3n) is 4.60. The maximum absolute atomic E-state index is 11.9. The van der Waals surface area contributed by atoms with Gasteiger partial charge in [-0.1, -0.05) is 53.5 Å². The Hall–Kier alpha value is -3.22. The third-order valence-corrected chi connectivity index (χ3v) is 5.16. The first-order chi connectivity index (χ1) is 14.4. The molecular formula is C22H16Cl2N2O4. The fourth-order valence-electron chi connectivity index (χ4n) is 3.15. The molecule has 0 saturated carbocycles. The maximum Gasteiger partial charge on any atom is 0.329 e. The molecule has 0 atom stereocenters. The predicted octanol–water partition coefficient (Wildman–Crippen LogP) is 5.14. The Balaban J connectivity index is 1.59. The Morgan fingerprint density at radius 3 is 2.33 bits per heavy atom. The van der Waals surface area contributed by atoms with E-state index in [9.17, 15) is 14.7 Å². The van der Waals surface area contributed by atoms with E-state index in [0.717, 1.165) is 5.56 Å². The third kappa shape index (κ3) is 4.20. The molecule has 0 radical (unpaired) electrons. The molecule has 4 rings (SSSR count). The Labute approximate surface area is 182 Å². The van der Waals surface area contributed by atoms with Gasteiger partial charge in [0.1, 0.15) is 18.0 Å². The molecule has 1 saturated heterocycles. The quantitative estimate of drug-likeness (QED) is 0.536. The Bertz CT molecular complexity index is 1110. The number of urea groups is 1. The van der Waals surface area contributed by atoms with Gasteiger partial charge in [0.25, 0.3) is 0 Å². The molecule has 1 heterocycles. The number of amides is 3. The van der Waals surface area contributed by atoms with Crippen molar-refractivity contribution < 1.29 is 19.4 Å². The first-order valence-corrected chi connectivity index (χ1v) is 9.80. The summed E-state index contributed by atoms with van der Waals surface area (Å²) in [4.78, 5) is 24.5. The van der Waals surface area contributed by atoms with Gasteiger partial charge < -0.3 is 9.84 Å². The van der Waals surface area contributed by atoms with Gasteiger partial charge in [0.15, 0.2) is 5.75 Å². The van der Waals surface area contributed by atoms with Crippen LogP contribution in [-0.4, -0.2) is 23.6 Å². The monoisotopic (exact) mass is 442 g/mol. The summed E-state index contributed by atoms with van der Waals surface area (Å²) in [6.45, 7) is -0.105. The van der Waals surface area contributed by atoms with E-state index < -0.39 is 11.9 Å². The summed E-state index contributed by atoms with van der Waals surface area (Å²) in [7, 11) is 0. The first kappa shape index (κ1) is 20.1. The number of halogens is 2. The number of anilines is 1. The molecule has 2 N–H and O–H groups in total. The number of rotatable bonds is 5. The highest BCUT2D eigenvalue weighted by molar-refractivity contribution is 6.37. The number of aromatic hydroxyl groups is 1. The van der Waals surface area contributed by atoms with Crippen LogP contribution < -0.4 is 15.0 Å². The molecule has 0 spiro atoms. The van der Waals surface area contributed by atoms with Crippen LogP contribution in [0.1, 0.15) is 11.1 Å². The molecule has 0 unspecified atom stereocenters. The molecule has 0 aromatic heterocycles. The highest BCUT2D eigenvalue weighted by Crippen LogP contribution is 2.40. The summed E-state index contributed by atoms with van der Waals surface area (Å²) in [5.41, 5.74) is 2.12. The van der Waals surface area contributed by atoms with Crippen LogP contribution in [-0.2, 0) is 11.2 Å². The summed E-state index contributed by atoms with van der Waals surface area (Å²) >= 11 is 12.7. The fourth-order valence-corrected chi connectivity index (χ4v) is 3.70. The van der Waals surface area contributed by atoms with Crippen LogP contribution in [0.4, 0.5) is 10.5 Å². The second-order valence-electron chi connectivity index (χ2n) is 6.73. The van der Waals surface area contributed by atoms with E-state index >= 15 is 0 Å². The lowest BCUT2D eigenvalue weighted by Crippen LogP contribution is -2.27. The number of nitrogens with zero attached hydrogens (tertiary/aromatic N) is 1. The number of benzene rings is 3. The van der Waals surface area contributed by atoms with E-state index in [1.54, 1.807) is 18.2 Å². The van der Waals surface area contributed by atoms with Gasteiger partial charge >= 0.3 is 6.03 Å². The Kier molecular flexibility index (Phi) is 5.53. The smallest absolute Gasteiger partial charge is 0.329 e. The van der Waals surface area contributed by atoms with Gasteiger partial charge in [-0.2, -0.15) is 0 Å². The van der Waals surface area contributed by atoms with E-state index in [1.165, 1.54) is 17.0 Å². The lowest BCUT2D eigenvalue weighted by molar-refractivity contribution is -0.117. The molecule has 6 nitrogen and oxygen atoms in total. The van der Waals surface area contributed by atoms with Gasteiger partial charge in [-0.25, -0.2) is 4.79 Å². The number of ether oxygens (including phenoxy) is 1. The van der Waals surface area contributed by atoms with Gasteiger partial charge in [-0.3, -0.25) is 15.0 Å². The lowest BCUT2D eigenvalue weighted by Gasteiger charge is -2.17. The van der Waals surface area contributed by atoms with Gasteiger partial charge in [0, 0.05) is 17.7 Å². The number of phenols is 1. The standard InChI is InChI=1S/C22H16Cl2N2O4/c23-17-10-15(26-12-20(28)25-22(26)29)11-18(24)21(17)30-16-6-7-19(27)14(9-16)8-13-4-2-1-3-5-13/h1-7,9-11,27H,8,12H2,(H,25,28,29). The number of phenolic OH excluding ortho intramolecular Hbond substituents is 1. The number of imide groups is 1. The summed E-state index contributed by atoms with van der Waals surface area (Å²) in [6, 6.07) is 17.1. The molecule has 0 aliphatic carbocycles. The summed E-state index contributed by atoms with van der Waals surface area (Å²) in [5, 5.41) is 12.8. The van der Waals surface area contributed by atoms with Crippen molar-refractivity contribution >= 4 is 40.8 Å². The van der Waals surface area contributed by atoms with Crippen molar-refractivity contribution in [3.63, 3.8) is 0 Å². The maximum atomic E-state index is 11.9. The van der Waals surface area contributed by atoms with E-state index in [0.29, 0.717) is 23.4 Å². The molecule has 3 amide bonds. The second-order valence-corrected chi connectivity index (χ2v) is 7.55. The minimum absolute atomic E-state index is 0.105. The van der Waals surface area contributed by atoms with Crippen molar-refractivity contribution in [1.82, 2.24) is 5.32 Å². The SMILES string of the molecule is O=C1CN(c2cc(Cl)c(Oc3ccc(O)c(Cc4ccccc4)c3)c(Cl)c2)C(=O)N1. The van der Waals surface area contributed by atoms with Crippen LogP contribution in [0.3, 0.4) is 0 Å². The van der Waals surface area contributed by atoms with E-state index in [-0.39, 0.29) is 28.1 Å². The van der Waals surface area contributed by atoms with Crippen molar-refractivity contribution in [1.29, 1.82) is 0 Å². The molecule has 1 aliphatic heterocycles. The number of hydrogen-bond donors (Lipinski definition) is 2. The van der Waals surface area contributed by atoms with Gasteiger partial charge in [-0.05, 0) is 35.9 Å². The average molecular weight is 443 g/mol. The highest BCUT2D eigenvalue weighted by Gasteiger charge is 2.29. The Morgan fingerprint density at radius 2 is 1.70 bits per heavy atom. The van der Waals surface area contributed by atoms with Gasteiger partial charge in [0.05, 0.1) is 10.0 Å². The molecular weight excluding hydrogens is 427 g/mol. The van der Waals surface area contributed by atoms with Gasteiger partial charge in [-0.15, -0.1) is 0 Å². The molecule has 152 valence electrons. The van der Waals surface area contributed by atoms with Crippen LogP contribution in [0.2, 0.25) is 10.0 Å². The zero-order valence-electron chi connectivity index (χ0n) is 15.6.